The summed E-state index contributed by atoms with van der Waals surface area (Å²) in [5, 5.41) is 3.03. The number of nitrogens with zero attached hydrogens (tertiary/aromatic N) is 1. The van der Waals surface area contributed by atoms with Crippen LogP contribution in [0.1, 0.15) is 23.2 Å². The minimum absolute atomic E-state index is 0.0134. The molecule has 0 unspecified atom stereocenters. The fourth-order valence-corrected chi connectivity index (χ4v) is 3.95. The Kier molecular flexibility index (Phi) is 6.87. The van der Waals surface area contributed by atoms with Gasteiger partial charge in [-0.2, -0.15) is 0 Å². The predicted molar refractivity (Wildman–Crippen MR) is 111 cm³/mol. The largest absolute Gasteiger partial charge is 0.339 e. The number of hydrogen-bond acceptors (Lipinski definition) is 3. The predicted octanol–water partition coefficient (Wildman–Crippen LogP) is 4.59. The van der Waals surface area contributed by atoms with Gasteiger partial charge in [0.2, 0.25) is 5.91 Å². The van der Waals surface area contributed by atoms with Gasteiger partial charge in [0.15, 0.2) is 0 Å². The summed E-state index contributed by atoms with van der Waals surface area (Å²) in [5.74, 6) is 0.148. The van der Waals surface area contributed by atoms with E-state index >= 15 is 0 Å². The normalized spacial score (nSPS) is 14.5. The van der Waals surface area contributed by atoms with Crippen LogP contribution in [0.25, 0.3) is 0 Å². The monoisotopic (exact) mass is 398 g/mol. The van der Waals surface area contributed by atoms with Gasteiger partial charge < -0.3 is 10.2 Å². The maximum atomic E-state index is 13.0. The lowest BCUT2D eigenvalue weighted by molar-refractivity contribution is -0.121. The molecule has 1 N–H and O–H groups in total. The van der Waals surface area contributed by atoms with Gasteiger partial charge in [-0.15, -0.1) is 18.3 Å². The molecule has 1 aliphatic heterocycles. The average Bonchev–Trinajstić information content (AvgIpc) is 2.73. The smallest absolute Gasteiger partial charge is 0.253 e. The molecule has 0 spiro atoms. The number of carbonyl (C=O) groups is 2. The number of halogens is 1. The third-order valence-corrected chi connectivity index (χ3v) is 5.82. The zero-order chi connectivity index (χ0) is 19.9. The number of piperidine rings is 1. The van der Waals surface area contributed by atoms with Crippen LogP contribution in [0.4, 0.5) is 10.1 Å². The summed E-state index contributed by atoms with van der Waals surface area (Å²) < 4.78 is 13.0. The summed E-state index contributed by atoms with van der Waals surface area (Å²) in [6.07, 6.45) is 3.05. The fourth-order valence-electron chi connectivity index (χ4n) is 3.20. The van der Waals surface area contributed by atoms with Crippen molar-refractivity contribution in [1.82, 2.24) is 4.90 Å². The molecule has 0 bridgehead atoms. The van der Waals surface area contributed by atoms with Crippen LogP contribution in [0.15, 0.2) is 66.1 Å². The van der Waals surface area contributed by atoms with Crippen LogP contribution in [0, 0.1) is 11.7 Å². The van der Waals surface area contributed by atoms with E-state index in [1.807, 2.05) is 30.3 Å². The van der Waals surface area contributed by atoms with Crippen LogP contribution >= 0.6 is 11.8 Å². The van der Waals surface area contributed by atoms with Crippen molar-refractivity contribution in [2.24, 2.45) is 5.92 Å². The molecule has 1 fully saturated rings. The molecule has 3 rings (SSSR count). The minimum atomic E-state index is -0.363. The maximum Gasteiger partial charge on any atom is 0.253 e. The Labute approximate surface area is 168 Å². The molecule has 0 atom stereocenters. The topological polar surface area (TPSA) is 49.4 Å². The summed E-state index contributed by atoms with van der Waals surface area (Å²) in [4.78, 5) is 27.9. The molecular formula is C22H23FN2O2S. The second-order valence-electron chi connectivity index (χ2n) is 6.66. The first-order valence-corrected chi connectivity index (χ1v) is 10.3. The Hall–Kier alpha value is -2.60. The van der Waals surface area contributed by atoms with Crippen molar-refractivity contribution in [3.05, 3.63) is 72.6 Å². The van der Waals surface area contributed by atoms with Crippen molar-refractivity contribution in [1.29, 1.82) is 0 Å². The molecule has 1 saturated heterocycles. The van der Waals surface area contributed by atoms with E-state index in [2.05, 4.69) is 11.9 Å². The Balaban J connectivity index is 1.56. The van der Waals surface area contributed by atoms with Gasteiger partial charge in [-0.05, 0) is 49.2 Å². The van der Waals surface area contributed by atoms with Crippen molar-refractivity contribution >= 4 is 29.3 Å². The number of amides is 2. The van der Waals surface area contributed by atoms with E-state index in [1.165, 1.54) is 24.3 Å². The number of anilines is 1. The molecule has 1 aliphatic rings. The lowest BCUT2D eigenvalue weighted by Crippen LogP contribution is -2.41. The summed E-state index contributed by atoms with van der Waals surface area (Å²) in [6.45, 7) is 4.76. The Bertz CT molecular complexity index is 846. The number of hydrogen-bond donors (Lipinski definition) is 1. The van der Waals surface area contributed by atoms with Gasteiger partial charge in [-0.3, -0.25) is 9.59 Å². The molecular weight excluding hydrogens is 375 g/mol. The summed E-state index contributed by atoms with van der Waals surface area (Å²) in [6, 6.07) is 13.3. The van der Waals surface area contributed by atoms with Crippen LogP contribution < -0.4 is 5.32 Å². The van der Waals surface area contributed by atoms with Gasteiger partial charge >= 0.3 is 0 Å². The third kappa shape index (κ3) is 5.01. The summed E-state index contributed by atoms with van der Waals surface area (Å²) in [7, 11) is 0. The number of thioether (sulfide) groups is 1. The van der Waals surface area contributed by atoms with Gasteiger partial charge in [0.25, 0.3) is 5.91 Å². The molecule has 2 aromatic rings. The first kappa shape index (κ1) is 20.1. The van der Waals surface area contributed by atoms with Gasteiger partial charge in [-0.1, -0.05) is 18.2 Å². The number of benzene rings is 2. The SMILES string of the molecule is C=CCSc1ccccc1NC(=O)C1CCN(C(=O)c2ccc(F)cc2)CC1. The van der Waals surface area contributed by atoms with Crippen LogP contribution in [0.3, 0.4) is 0 Å². The minimum Gasteiger partial charge on any atom is -0.339 e. The zero-order valence-electron chi connectivity index (χ0n) is 15.6. The Morgan fingerprint density at radius 1 is 1.14 bits per heavy atom. The van der Waals surface area contributed by atoms with E-state index in [0.717, 1.165) is 16.3 Å². The van der Waals surface area contributed by atoms with Crippen molar-refractivity contribution < 1.29 is 14.0 Å². The molecule has 4 nitrogen and oxygen atoms in total. The quantitative estimate of drug-likeness (QED) is 0.572. The van der Waals surface area contributed by atoms with Gasteiger partial charge in [0.1, 0.15) is 5.82 Å². The van der Waals surface area contributed by atoms with Gasteiger partial charge in [0.05, 0.1) is 5.69 Å². The highest BCUT2D eigenvalue weighted by molar-refractivity contribution is 7.99. The van der Waals surface area contributed by atoms with E-state index in [4.69, 9.17) is 0 Å². The van der Waals surface area contributed by atoms with Crippen molar-refractivity contribution in [2.45, 2.75) is 17.7 Å². The first-order chi connectivity index (χ1) is 13.6. The average molecular weight is 399 g/mol. The van der Waals surface area contributed by atoms with Gasteiger partial charge in [0, 0.05) is 35.2 Å². The molecule has 0 saturated carbocycles. The van der Waals surface area contributed by atoms with Crippen LogP contribution in [-0.2, 0) is 4.79 Å². The second-order valence-corrected chi connectivity index (χ2v) is 7.72. The van der Waals surface area contributed by atoms with E-state index < -0.39 is 0 Å². The van der Waals surface area contributed by atoms with Crippen LogP contribution in [0.5, 0.6) is 0 Å². The Morgan fingerprint density at radius 2 is 1.82 bits per heavy atom. The molecule has 28 heavy (non-hydrogen) atoms. The molecule has 0 radical (unpaired) electrons. The molecule has 0 aromatic heterocycles. The number of rotatable bonds is 6. The standard InChI is InChI=1S/C22H23FN2O2S/c1-2-15-28-20-6-4-3-5-19(20)24-21(26)16-11-13-25(14-12-16)22(27)17-7-9-18(23)10-8-17/h2-10,16H,1,11-15H2,(H,24,26). The summed E-state index contributed by atoms with van der Waals surface area (Å²) >= 11 is 1.63. The third-order valence-electron chi connectivity index (χ3n) is 4.75. The lowest BCUT2D eigenvalue weighted by Gasteiger charge is -2.31. The highest BCUT2D eigenvalue weighted by Crippen LogP contribution is 2.28. The number of likely N-dealkylation sites (tertiary alicyclic amines) is 1. The number of nitrogens with one attached hydrogen (secondary N) is 1. The highest BCUT2D eigenvalue weighted by Gasteiger charge is 2.28. The molecule has 1 heterocycles. The number of para-hydroxylation sites is 1. The first-order valence-electron chi connectivity index (χ1n) is 9.27. The molecule has 2 aromatic carbocycles. The fraction of sp³-hybridized carbons (Fsp3) is 0.273. The van der Waals surface area contributed by atoms with Gasteiger partial charge in [-0.25, -0.2) is 4.39 Å². The Morgan fingerprint density at radius 3 is 2.50 bits per heavy atom. The van der Waals surface area contributed by atoms with E-state index in [-0.39, 0.29) is 23.5 Å². The lowest BCUT2D eigenvalue weighted by atomic mass is 9.95. The van der Waals surface area contributed by atoms with Crippen LogP contribution in [-0.4, -0.2) is 35.6 Å². The van der Waals surface area contributed by atoms with E-state index in [9.17, 15) is 14.0 Å². The van der Waals surface area contributed by atoms with E-state index in [1.54, 1.807) is 16.7 Å². The van der Waals surface area contributed by atoms with Crippen LogP contribution in [0.2, 0.25) is 0 Å². The number of carbonyl (C=O) groups excluding carboxylic acids is 2. The highest BCUT2D eigenvalue weighted by atomic mass is 32.2. The van der Waals surface area contributed by atoms with Crippen molar-refractivity contribution in [3.63, 3.8) is 0 Å². The summed E-state index contributed by atoms with van der Waals surface area (Å²) in [5.41, 5.74) is 1.28. The van der Waals surface area contributed by atoms with Crippen molar-refractivity contribution in [3.8, 4) is 0 Å². The molecule has 0 aliphatic carbocycles. The zero-order valence-corrected chi connectivity index (χ0v) is 16.4. The molecule has 6 heteroatoms. The van der Waals surface area contributed by atoms with E-state index in [0.29, 0.717) is 31.5 Å². The second kappa shape index (κ2) is 9.55. The molecule has 2 amide bonds. The van der Waals surface area contributed by atoms with Crippen molar-refractivity contribution in [2.75, 3.05) is 24.2 Å². The molecule has 146 valence electrons. The maximum absolute atomic E-state index is 13.0.